The van der Waals surface area contributed by atoms with Crippen LogP contribution in [0.2, 0.25) is 0 Å². The quantitative estimate of drug-likeness (QED) is 0.915. The van der Waals surface area contributed by atoms with Gasteiger partial charge >= 0.3 is 0 Å². The van der Waals surface area contributed by atoms with E-state index in [0.29, 0.717) is 17.2 Å². The molecule has 0 aliphatic rings. The Hall–Kier alpha value is -1.94. The van der Waals surface area contributed by atoms with Gasteiger partial charge in [0.15, 0.2) is 0 Å². The molecule has 0 aliphatic heterocycles. The fourth-order valence-corrected chi connectivity index (χ4v) is 1.74. The summed E-state index contributed by atoms with van der Waals surface area (Å²) < 4.78 is 18.8. The van der Waals surface area contributed by atoms with Gasteiger partial charge in [0.05, 0.1) is 0 Å². The van der Waals surface area contributed by atoms with Crippen molar-refractivity contribution < 1.29 is 9.13 Å². The van der Waals surface area contributed by atoms with Crippen molar-refractivity contribution in [1.29, 1.82) is 0 Å². The molecule has 3 nitrogen and oxygen atoms in total. The van der Waals surface area contributed by atoms with Crippen LogP contribution in [0.25, 0.3) is 0 Å². The largest absolute Gasteiger partial charge is 0.439 e. The first-order valence-electron chi connectivity index (χ1n) is 6.97. The van der Waals surface area contributed by atoms with Crippen molar-refractivity contribution in [2.75, 3.05) is 0 Å². The molecule has 0 saturated heterocycles. The van der Waals surface area contributed by atoms with Crippen molar-refractivity contribution in [3.63, 3.8) is 0 Å². The summed E-state index contributed by atoms with van der Waals surface area (Å²) in [6.07, 6.45) is 1.78. The molecular formula is C17H21FN2O. The Kier molecular flexibility index (Phi) is 4.58. The van der Waals surface area contributed by atoms with Gasteiger partial charge in [0.25, 0.3) is 0 Å². The van der Waals surface area contributed by atoms with E-state index >= 15 is 0 Å². The Bertz CT molecular complexity index is 603. The smallest absolute Gasteiger partial charge is 0.219 e. The minimum Gasteiger partial charge on any atom is -0.439 e. The van der Waals surface area contributed by atoms with Crippen LogP contribution in [0, 0.1) is 12.7 Å². The molecule has 1 aromatic carbocycles. The van der Waals surface area contributed by atoms with Crippen LogP contribution in [-0.2, 0) is 6.54 Å². The third kappa shape index (κ3) is 4.83. The second-order valence-corrected chi connectivity index (χ2v) is 6.12. The second kappa shape index (κ2) is 6.22. The van der Waals surface area contributed by atoms with Gasteiger partial charge in [-0.05, 0) is 57.0 Å². The van der Waals surface area contributed by atoms with Crippen LogP contribution in [0.3, 0.4) is 0 Å². The summed E-state index contributed by atoms with van der Waals surface area (Å²) in [4.78, 5) is 4.27. The van der Waals surface area contributed by atoms with E-state index in [0.717, 1.165) is 12.1 Å². The highest BCUT2D eigenvalue weighted by Crippen LogP contribution is 2.22. The minimum absolute atomic E-state index is 0.0702. The summed E-state index contributed by atoms with van der Waals surface area (Å²) in [5, 5.41) is 3.40. The van der Waals surface area contributed by atoms with Crippen molar-refractivity contribution in [2.24, 2.45) is 0 Å². The molecule has 21 heavy (non-hydrogen) atoms. The Labute approximate surface area is 125 Å². The first-order valence-corrected chi connectivity index (χ1v) is 6.97. The van der Waals surface area contributed by atoms with Gasteiger partial charge < -0.3 is 10.1 Å². The minimum atomic E-state index is -0.237. The fourth-order valence-electron chi connectivity index (χ4n) is 1.74. The molecule has 0 atom stereocenters. The number of nitrogens with zero attached hydrogens (tertiary/aromatic N) is 1. The molecule has 0 saturated carbocycles. The topological polar surface area (TPSA) is 34.1 Å². The SMILES string of the molecule is Cc1cc(Oc2ccc(CNC(C)(C)C)cn2)ccc1F. The first-order chi connectivity index (χ1) is 9.83. The van der Waals surface area contributed by atoms with Gasteiger partial charge in [-0.15, -0.1) is 0 Å². The predicted molar refractivity (Wildman–Crippen MR) is 82.0 cm³/mol. The zero-order valence-corrected chi connectivity index (χ0v) is 12.9. The highest BCUT2D eigenvalue weighted by Gasteiger charge is 2.08. The van der Waals surface area contributed by atoms with Gasteiger partial charge in [0, 0.05) is 24.3 Å². The van der Waals surface area contributed by atoms with E-state index in [1.807, 2.05) is 12.1 Å². The Morgan fingerprint density at radius 1 is 1.19 bits per heavy atom. The van der Waals surface area contributed by atoms with Crippen molar-refractivity contribution >= 4 is 0 Å². The summed E-state index contributed by atoms with van der Waals surface area (Å²) >= 11 is 0. The number of benzene rings is 1. The zero-order valence-electron chi connectivity index (χ0n) is 12.9. The Balaban J connectivity index is 2.00. The first kappa shape index (κ1) is 15.4. The molecule has 1 N–H and O–H groups in total. The lowest BCUT2D eigenvalue weighted by atomic mass is 10.1. The third-order valence-electron chi connectivity index (χ3n) is 2.97. The van der Waals surface area contributed by atoms with Crippen LogP contribution < -0.4 is 10.1 Å². The molecule has 0 unspecified atom stereocenters. The summed E-state index contributed by atoms with van der Waals surface area (Å²) in [6.45, 7) is 8.82. The van der Waals surface area contributed by atoms with E-state index in [1.54, 1.807) is 25.3 Å². The molecule has 1 aromatic heterocycles. The number of halogens is 1. The molecule has 2 rings (SSSR count). The van der Waals surface area contributed by atoms with Crippen LogP contribution in [0.4, 0.5) is 4.39 Å². The number of hydrogen-bond donors (Lipinski definition) is 1. The highest BCUT2D eigenvalue weighted by atomic mass is 19.1. The van der Waals surface area contributed by atoms with Gasteiger partial charge in [0.2, 0.25) is 5.88 Å². The lowest BCUT2D eigenvalue weighted by molar-refractivity contribution is 0.423. The van der Waals surface area contributed by atoms with Crippen molar-refractivity contribution in [2.45, 2.75) is 39.8 Å². The van der Waals surface area contributed by atoms with Gasteiger partial charge in [-0.25, -0.2) is 9.37 Å². The van der Waals surface area contributed by atoms with E-state index in [1.165, 1.54) is 6.07 Å². The maximum Gasteiger partial charge on any atom is 0.219 e. The van der Waals surface area contributed by atoms with Crippen LogP contribution >= 0.6 is 0 Å². The molecule has 0 fully saturated rings. The monoisotopic (exact) mass is 288 g/mol. The standard InChI is InChI=1S/C17H21FN2O/c1-12-9-14(6-7-15(12)18)21-16-8-5-13(10-19-16)11-20-17(2,3)4/h5-10,20H,11H2,1-4H3. The van der Waals surface area contributed by atoms with E-state index in [-0.39, 0.29) is 11.4 Å². The van der Waals surface area contributed by atoms with Gasteiger partial charge in [-0.2, -0.15) is 0 Å². The fraction of sp³-hybridized carbons (Fsp3) is 0.353. The number of rotatable bonds is 4. The molecule has 0 spiro atoms. The average Bonchev–Trinajstić information content (AvgIpc) is 2.41. The average molecular weight is 288 g/mol. The second-order valence-electron chi connectivity index (χ2n) is 6.12. The highest BCUT2D eigenvalue weighted by molar-refractivity contribution is 5.32. The number of pyridine rings is 1. The van der Waals surface area contributed by atoms with Crippen LogP contribution in [0.1, 0.15) is 31.9 Å². The van der Waals surface area contributed by atoms with Gasteiger partial charge in [0.1, 0.15) is 11.6 Å². The summed E-state index contributed by atoms with van der Waals surface area (Å²) in [5.41, 5.74) is 1.71. The molecule has 0 aliphatic carbocycles. The summed E-state index contributed by atoms with van der Waals surface area (Å²) in [5.74, 6) is 0.849. The number of aryl methyl sites for hydroxylation is 1. The van der Waals surface area contributed by atoms with Crippen LogP contribution in [0.5, 0.6) is 11.6 Å². The molecule has 0 radical (unpaired) electrons. The van der Waals surface area contributed by atoms with Crippen LogP contribution in [0.15, 0.2) is 36.5 Å². The van der Waals surface area contributed by atoms with Crippen LogP contribution in [-0.4, -0.2) is 10.5 Å². The van der Waals surface area contributed by atoms with E-state index < -0.39 is 0 Å². The number of nitrogens with one attached hydrogen (secondary N) is 1. The zero-order chi connectivity index (χ0) is 15.5. The van der Waals surface area contributed by atoms with Gasteiger partial charge in [-0.3, -0.25) is 0 Å². The summed E-state index contributed by atoms with van der Waals surface area (Å²) in [6, 6.07) is 8.44. The molecule has 4 heteroatoms. The number of hydrogen-bond acceptors (Lipinski definition) is 3. The molecule has 112 valence electrons. The maximum atomic E-state index is 13.2. The van der Waals surface area contributed by atoms with E-state index in [4.69, 9.17) is 4.74 Å². The normalized spacial score (nSPS) is 11.5. The third-order valence-corrected chi connectivity index (χ3v) is 2.97. The molecular weight excluding hydrogens is 267 g/mol. The molecule has 0 amide bonds. The lowest BCUT2D eigenvalue weighted by Gasteiger charge is -2.20. The predicted octanol–water partition coefficient (Wildman–Crippen LogP) is 4.21. The van der Waals surface area contributed by atoms with Crippen molar-refractivity contribution in [3.8, 4) is 11.6 Å². The molecule has 0 bridgehead atoms. The summed E-state index contributed by atoms with van der Waals surface area (Å²) in [7, 11) is 0. The Morgan fingerprint density at radius 2 is 1.95 bits per heavy atom. The number of ether oxygens (including phenoxy) is 1. The molecule has 1 heterocycles. The van der Waals surface area contributed by atoms with E-state index in [9.17, 15) is 4.39 Å². The molecule has 2 aromatic rings. The van der Waals surface area contributed by atoms with E-state index in [2.05, 4.69) is 31.1 Å². The van der Waals surface area contributed by atoms with Crippen molar-refractivity contribution in [3.05, 3.63) is 53.5 Å². The number of aromatic nitrogens is 1. The van der Waals surface area contributed by atoms with Crippen molar-refractivity contribution in [1.82, 2.24) is 10.3 Å². The Morgan fingerprint density at radius 3 is 2.52 bits per heavy atom. The maximum absolute atomic E-state index is 13.2. The lowest BCUT2D eigenvalue weighted by Crippen LogP contribution is -2.35. The van der Waals surface area contributed by atoms with Gasteiger partial charge in [-0.1, -0.05) is 6.07 Å².